The Kier molecular flexibility index (Phi) is 4.23. The van der Waals surface area contributed by atoms with Gasteiger partial charge in [-0.15, -0.1) is 0 Å². The number of pyridine rings is 2. The van der Waals surface area contributed by atoms with Crippen molar-refractivity contribution in [3.05, 3.63) is 72.8 Å². The van der Waals surface area contributed by atoms with Gasteiger partial charge in [0.15, 0.2) is 0 Å². The van der Waals surface area contributed by atoms with Crippen molar-refractivity contribution in [1.82, 2.24) is 19.5 Å². The van der Waals surface area contributed by atoms with E-state index < -0.39 is 0 Å². The van der Waals surface area contributed by atoms with Gasteiger partial charge in [-0.2, -0.15) is 0 Å². The molecule has 1 aliphatic rings. The molecule has 1 unspecified atom stereocenters. The summed E-state index contributed by atoms with van der Waals surface area (Å²) in [4.78, 5) is 15.3. The fourth-order valence-corrected chi connectivity index (χ4v) is 3.48. The third-order valence-electron chi connectivity index (χ3n) is 4.66. The van der Waals surface area contributed by atoms with E-state index >= 15 is 0 Å². The number of piperidine rings is 1. The second kappa shape index (κ2) is 6.83. The van der Waals surface area contributed by atoms with Gasteiger partial charge in [-0.05, 0) is 42.7 Å². The van der Waals surface area contributed by atoms with Crippen LogP contribution in [-0.2, 0) is 6.54 Å². The van der Waals surface area contributed by atoms with Crippen LogP contribution >= 0.6 is 0 Å². The summed E-state index contributed by atoms with van der Waals surface area (Å²) in [6.45, 7) is 2.96. The molecule has 24 heavy (non-hydrogen) atoms. The average Bonchev–Trinajstić information content (AvgIpc) is 3.12. The Morgan fingerprint density at radius 3 is 2.50 bits per heavy atom. The third kappa shape index (κ3) is 3.15. The van der Waals surface area contributed by atoms with E-state index in [-0.39, 0.29) is 0 Å². The second-order valence-electron chi connectivity index (χ2n) is 6.26. The first-order chi connectivity index (χ1) is 11.9. The molecule has 3 aromatic rings. The molecule has 3 aromatic heterocycles. The van der Waals surface area contributed by atoms with Crippen LogP contribution in [0.25, 0.3) is 0 Å². The van der Waals surface area contributed by atoms with Crippen LogP contribution < -0.4 is 4.90 Å². The fourth-order valence-electron chi connectivity index (χ4n) is 3.48. The molecule has 1 aliphatic heterocycles. The monoisotopic (exact) mass is 319 g/mol. The number of imidazole rings is 1. The van der Waals surface area contributed by atoms with E-state index in [0.717, 1.165) is 19.6 Å². The molecule has 5 nitrogen and oxygen atoms in total. The van der Waals surface area contributed by atoms with Crippen molar-refractivity contribution in [1.29, 1.82) is 0 Å². The van der Waals surface area contributed by atoms with Gasteiger partial charge in [-0.1, -0.05) is 0 Å². The average molecular weight is 319 g/mol. The molecule has 122 valence electrons. The summed E-state index contributed by atoms with van der Waals surface area (Å²) in [5.41, 5.74) is 2.51. The quantitative estimate of drug-likeness (QED) is 0.741. The van der Waals surface area contributed by atoms with Crippen molar-refractivity contribution in [2.45, 2.75) is 25.3 Å². The van der Waals surface area contributed by atoms with Gasteiger partial charge in [0.05, 0.1) is 0 Å². The first-order valence-electron chi connectivity index (χ1n) is 8.45. The van der Waals surface area contributed by atoms with Crippen LogP contribution in [0.15, 0.2) is 61.4 Å². The predicted molar refractivity (Wildman–Crippen MR) is 94.0 cm³/mol. The molecule has 5 heteroatoms. The highest BCUT2D eigenvalue weighted by Crippen LogP contribution is 2.29. The summed E-state index contributed by atoms with van der Waals surface area (Å²) in [6, 6.07) is 8.31. The van der Waals surface area contributed by atoms with Crippen LogP contribution in [-0.4, -0.2) is 32.6 Å². The Hall–Kier alpha value is -2.69. The van der Waals surface area contributed by atoms with Crippen LogP contribution in [0.1, 0.15) is 30.1 Å². The van der Waals surface area contributed by atoms with Crippen LogP contribution in [0, 0.1) is 0 Å². The molecule has 0 bridgehead atoms. The van der Waals surface area contributed by atoms with Crippen LogP contribution in [0.4, 0.5) is 5.69 Å². The van der Waals surface area contributed by atoms with Crippen molar-refractivity contribution in [3.8, 4) is 0 Å². The molecule has 0 radical (unpaired) electrons. The summed E-state index contributed by atoms with van der Waals surface area (Å²) in [6.07, 6.45) is 13.8. The summed E-state index contributed by atoms with van der Waals surface area (Å²) >= 11 is 0. The maximum Gasteiger partial charge on any atom is 0.113 e. The van der Waals surface area contributed by atoms with E-state index in [9.17, 15) is 0 Å². The van der Waals surface area contributed by atoms with E-state index in [1.165, 1.54) is 29.9 Å². The lowest BCUT2D eigenvalue weighted by atomic mass is 9.96. The number of hydrogen-bond donors (Lipinski definition) is 0. The lowest BCUT2D eigenvalue weighted by molar-refractivity contribution is 0.476. The van der Waals surface area contributed by atoms with E-state index in [4.69, 9.17) is 0 Å². The van der Waals surface area contributed by atoms with E-state index in [2.05, 4.69) is 54.9 Å². The van der Waals surface area contributed by atoms with Gasteiger partial charge in [0, 0.05) is 68.4 Å². The molecule has 0 aliphatic carbocycles. The van der Waals surface area contributed by atoms with Crippen molar-refractivity contribution in [2.75, 3.05) is 18.0 Å². The highest BCUT2D eigenvalue weighted by Gasteiger charge is 2.24. The highest BCUT2D eigenvalue weighted by atomic mass is 15.2. The maximum atomic E-state index is 4.67. The maximum absolute atomic E-state index is 4.67. The van der Waals surface area contributed by atoms with E-state index in [1.54, 1.807) is 0 Å². The van der Waals surface area contributed by atoms with E-state index in [1.807, 2.05) is 31.0 Å². The Balaban J connectivity index is 1.53. The molecular weight excluding hydrogens is 298 g/mol. The topological polar surface area (TPSA) is 46.8 Å². The van der Waals surface area contributed by atoms with Crippen LogP contribution in [0.2, 0.25) is 0 Å². The predicted octanol–water partition coefficient (Wildman–Crippen LogP) is 3.11. The summed E-state index contributed by atoms with van der Waals surface area (Å²) in [5, 5.41) is 0. The SMILES string of the molecule is c1cc(Cn2ccnc2C2CCCN(c3ccncc3)C2)ccn1. The molecule has 0 saturated carbocycles. The fraction of sp³-hybridized carbons (Fsp3) is 0.316. The molecule has 0 aromatic carbocycles. The summed E-state index contributed by atoms with van der Waals surface area (Å²) in [7, 11) is 0. The first kappa shape index (κ1) is 14.9. The minimum Gasteiger partial charge on any atom is -0.371 e. The van der Waals surface area contributed by atoms with Gasteiger partial charge >= 0.3 is 0 Å². The molecule has 4 rings (SSSR count). The minimum atomic E-state index is 0.462. The standard InChI is InChI=1S/C19H21N5/c1-2-17(15-23(12-1)18-5-9-21-10-6-18)19-22-11-13-24(19)14-16-3-7-20-8-4-16/h3-11,13,17H,1-2,12,14-15H2. The molecule has 1 fully saturated rings. The van der Waals surface area contributed by atoms with Crippen molar-refractivity contribution >= 4 is 5.69 Å². The smallest absolute Gasteiger partial charge is 0.113 e. The van der Waals surface area contributed by atoms with E-state index in [0.29, 0.717) is 5.92 Å². The van der Waals surface area contributed by atoms with Crippen molar-refractivity contribution < 1.29 is 0 Å². The Labute approximate surface area is 142 Å². The number of rotatable bonds is 4. The lowest BCUT2D eigenvalue weighted by Gasteiger charge is -2.34. The lowest BCUT2D eigenvalue weighted by Crippen LogP contribution is -2.35. The normalized spacial score (nSPS) is 17.8. The van der Waals surface area contributed by atoms with Crippen LogP contribution in [0.5, 0.6) is 0 Å². The molecule has 0 N–H and O–H groups in total. The zero-order valence-corrected chi connectivity index (χ0v) is 13.6. The van der Waals surface area contributed by atoms with Crippen molar-refractivity contribution in [3.63, 3.8) is 0 Å². The third-order valence-corrected chi connectivity index (χ3v) is 4.66. The summed E-state index contributed by atoms with van der Waals surface area (Å²) < 4.78 is 2.27. The molecule has 1 saturated heterocycles. The Morgan fingerprint density at radius 1 is 0.958 bits per heavy atom. The number of aromatic nitrogens is 4. The van der Waals surface area contributed by atoms with Gasteiger partial charge in [-0.3, -0.25) is 9.97 Å². The second-order valence-corrected chi connectivity index (χ2v) is 6.26. The Morgan fingerprint density at radius 2 is 1.71 bits per heavy atom. The van der Waals surface area contributed by atoms with Gasteiger partial charge in [0.25, 0.3) is 0 Å². The number of nitrogens with zero attached hydrogens (tertiary/aromatic N) is 5. The molecule has 0 spiro atoms. The first-order valence-corrected chi connectivity index (χ1v) is 8.45. The highest BCUT2D eigenvalue weighted by molar-refractivity contribution is 5.45. The zero-order chi connectivity index (χ0) is 16.2. The van der Waals surface area contributed by atoms with Crippen molar-refractivity contribution in [2.24, 2.45) is 0 Å². The number of anilines is 1. The molecular formula is C19H21N5. The Bertz CT molecular complexity index is 769. The minimum absolute atomic E-state index is 0.462. The van der Waals surface area contributed by atoms with Gasteiger partial charge in [0.1, 0.15) is 5.82 Å². The summed E-state index contributed by atoms with van der Waals surface area (Å²) in [5.74, 6) is 1.65. The largest absolute Gasteiger partial charge is 0.371 e. The van der Waals surface area contributed by atoms with Gasteiger partial charge in [-0.25, -0.2) is 4.98 Å². The van der Waals surface area contributed by atoms with Crippen LogP contribution in [0.3, 0.4) is 0 Å². The van der Waals surface area contributed by atoms with Gasteiger partial charge in [0.2, 0.25) is 0 Å². The molecule has 1 atom stereocenters. The molecule has 4 heterocycles. The van der Waals surface area contributed by atoms with Gasteiger partial charge < -0.3 is 9.47 Å². The zero-order valence-electron chi connectivity index (χ0n) is 13.6. The number of hydrogen-bond acceptors (Lipinski definition) is 4. The molecule has 0 amide bonds.